The smallest absolute Gasteiger partial charge is 0.239 e. The summed E-state index contributed by atoms with van der Waals surface area (Å²) in [5.74, 6) is -3.13. The van der Waals surface area contributed by atoms with Crippen LogP contribution in [0.3, 0.4) is 0 Å². The molecule has 1 aliphatic rings. The molecule has 51 heavy (non-hydrogen) atoms. The third-order valence-electron chi connectivity index (χ3n) is 8.02. The van der Waals surface area contributed by atoms with Crippen LogP contribution in [0, 0.1) is 0 Å². The Hall–Kier alpha value is -6.10. The first kappa shape index (κ1) is 34.8. The molecule has 0 radical (unpaired) electrons. The fourth-order valence-corrected chi connectivity index (χ4v) is 5.45. The maximum absolute atomic E-state index is 13.2. The monoisotopic (exact) mass is 702 g/mol. The number of hydrogen-bond acceptors (Lipinski definition) is 15. The van der Waals surface area contributed by atoms with Crippen LogP contribution in [0.25, 0.3) is 44.6 Å². The average Bonchev–Trinajstić information content (AvgIpc) is 3.40. The number of rotatable bonds is 6. The maximum atomic E-state index is 13.2. The lowest BCUT2D eigenvalue weighted by atomic mass is 10.1. The molecule has 4 aromatic carbocycles. The molecule has 3 heterocycles. The highest BCUT2D eigenvalue weighted by Crippen LogP contribution is 2.39. The Labute approximate surface area is 285 Å². The van der Waals surface area contributed by atoms with Gasteiger partial charge in [0.15, 0.2) is 23.0 Å². The summed E-state index contributed by atoms with van der Waals surface area (Å²) in [6.45, 7) is -0.783. The van der Waals surface area contributed by atoms with Crippen molar-refractivity contribution >= 4 is 21.9 Å². The zero-order chi connectivity index (χ0) is 36.6. The predicted octanol–water partition coefficient (Wildman–Crippen LogP) is 2.63. The van der Waals surface area contributed by atoms with Crippen LogP contribution in [0.2, 0.25) is 0 Å². The minimum atomic E-state index is -1.75. The molecule has 15 heteroatoms. The quantitative estimate of drug-likeness (QED) is 0.113. The van der Waals surface area contributed by atoms with E-state index < -0.39 is 76.9 Å². The van der Waals surface area contributed by atoms with E-state index in [-0.39, 0.29) is 33.8 Å². The predicted molar refractivity (Wildman–Crippen MR) is 179 cm³/mol. The molecule has 15 nitrogen and oxygen atoms in total. The number of hydrogen-bond donors (Lipinski definition) is 9. The molecule has 0 aliphatic carbocycles. The third kappa shape index (κ3) is 6.62. The summed E-state index contributed by atoms with van der Waals surface area (Å²) >= 11 is 0. The van der Waals surface area contributed by atoms with Crippen LogP contribution in [0.5, 0.6) is 34.5 Å². The highest BCUT2D eigenvalue weighted by atomic mass is 16.7. The maximum Gasteiger partial charge on any atom is 0.239 e. The Morgan fingerprint density at radius 2 is 1.37 bits per heavy atom. The summed E-state index contributed by atoms with van der Waals surface area (Å²) in [6.07, 6.45) is -8.11. The highest BCUT2D eigenvalue weighted by Gasteiger charge is 2.48. The Morgan fingerprint density at radius 1 is 0.686 bits per heavy atom. The van der Waals surface area contributed by atoms with Crippen LogP contribution >= 0.6 is 0 Å². The van der Waals surface area contributed by atoms with Crippen LogP contribution < -0.4 is 15.6 Å². The number of para-hydroxylation sites is 1. The minimum absolute atomic E-state index is 0.0297. The molecule has 0 unspecified atom stereocenters. The molecule has 1 fully saturated rings. The fraction of sp³-hybridized carbons (Fsp3) is 0.167. The summed E-state index contributed by atoms with van der Waals surface area (Å²) in [4.78, 5) is 25.2. The SMILES string of the molecule is O=c1c(O)c(-c2ccccc2)oc2ccccc12.O=c1c(O[C@@H]2O[C@H]([C@H](O)CO)[C@H](O)[C@H]2O)c(-c2ccc(O)c(O)c2)oc2cc(O)cc(O)c12. The van der Waals surface area contributed by atoms with Crippen molar-refractivity contribution in [1.82, 2.24) is 0 Å². The third-order valence-corrected chi connectivity index (χ3v) is 8.02. The first-order chi connectivity index (χ1) is 24.4. The number of phenols is 4. The van der Waals surface area contributed by atoms with Crippen molar-refractivity contribution in [2.45, 2.75) is 30.7 Å². The van der Waals surface area contributed by atoms with Crippen molar-refractivity contribution < 1.29 is 64.3 Å². The van der Waals surface area contributed by atoms with Gasteiger partial charge in [-0.3, -0.25) is 9.59 Å². The molecule has 0 spiro atoms. The number of phenolic OH excluding ortho intramolecular Hbond substituents is 4. The van der Waals surface area contributed by atoms with Crippen LogP contribution in [0.1, 0.15) is 0 Å². The number of aliphatic hydroxyl groups excluding tert-OH is 4. The Bertz CT molecular complexity index is 2330. The number of fused-ring (bicyclic) bond motifs is 2. The van der Waals surface area contributed by atoms with Crippen molar-refractivity contribution in [2.75, 3.05) is 6.61 Å². The standard InChI is InChI=1S/C21H20O12.C15H10O3/c22-6-12(27)19-16(29)17(30)21(32-19)33-20-15(28)14-11(26)4-8(23)5-13(14)31-18(20)7-1-2-9(24)10(25)3-7;16-13-11-8-4-5-9-12(11)18-15(14(13)17)10-6-2-1-3-7-10/h1-5,12,16-17,19,21-27,29-30H,6H2;1-9,17H/t12-,16-,17-,19-,21+;/m1./s1. The number of ether oxygens (including phenoxy) is 2. The van der Waals surface area contributed by atoms with Gasteiger partial charge in [0.1, 0.15) is 52.5 Å². The van der Waals surface area contributed by atoms with Gasteiger partial charge in [-0.05, 0) is 30.3 Å². The number of aromatic hydroxyl groups is 5. The van der Waals surface area contributed by atoms with E-state index in [1.165, 1.54) is 6.07 Å². The lowest BCUT2D eigenvalue weighted by Gasteiger charge is -2.19. The number of aliphatic hydroxyl groups is 4. The molecule has 5 atom stereocenters. The molecule has 9 N–H and O–H groups in total. The molecule has 0 amide bonds. The van der Waals surface area contributed by atoms with Gasteiger partial charge in [-0.1, -0.05) is 42.5 Å². The van der Waals surface area contributed by atoms with E-state index in [9.17, 15) is 50.4 Å². The highest BCUT2D eigenvalue weighted by molar-refractivity contribution is 5.88. The van der Waals surface area contributed by atoms with E-state index in [2.05, 4.69) is 0 Å². The zero-order valence-corrected chi connectivity index (χ0v) is 26.2. The minimum Gasteiger partial charge on any atom is -0.508 e. The second-order valence-corrected chi connectivity index (χ2v) is 11.4. The van der Waals surface area contributed by atoms with Gasteiger partial charge in [0.05, 0.1) is 12.0 Å². The lowest BCUT2D eigenvalue weighted by molar-refractivity contribution is -0.137. The second kappa shape index (κ2) is 14.0. The van der Waals surface area contributed by atoms with Gasteiger partial charge in [-0.15, -0.1) is 0 Å². The summed E-state index contributed by atoms with van der Waals surface area (Å²) < 4.78 is 22.1. The van der Waals surface area contributed by atoms with Gasteiger partial charge in [-0.2, -0.15) is 0 Å². The van der Waals surface area contributed by atoms with Gasteiger partial charge in [0.25, 0.3) is 0 Å². The molecule has 7 rings (SSSR count). The van der Waals surface area contributed by atoms with Gasteiger partial charge < -0.3 is 64.3 Å². The summed E-state index contributed by atoms with van der Waals surface area (Å²) in [5, 5.41) is 88.6. The van der Waals surface area contributed by atoms with Crippen molar-refractivity contribution in [1.29, 1.82) is 0 Å². The molecule has 1 aliphatic heterocycles. The van der Waals surface area contributed by atoms with E-state index >= 15 is 0 Å². The average molecular weight is 703 g/mol. The fourth-order valence-electron chi connectivity index (χ4n) is 5.45. The van der Waals surface area contributed by atoms with E-state index in [1.54, 1.807) is 36.4 Å². The molecule has 1 saturated heterocycles. The van der Waals surface area contributed by atoms with Crippen molar-refractivity contribution in [3.8, 4) is 57.1 Å². The van der Waals surface area contributed by atoms with Gasteiger partial charge in [0, 0.05) is 23.3 Å². The molecule has 0 bridgehead atoms. The van der Waals surface area contributed by atoms with Crippen LogP contribution in [0.4, 0.5) is 0 Å². The zero-order valence-electron chi connectivity index (χ0n) is 26.2. The lowest BCUT2D eigenvalue weighted by Crippen LogP contribution is -2.40. The summed E-state index contributed by atoms with van der Waals surface area (Å²) in [6, 6.07) is 21.3. The van der Waals surface area contributed by atoms with Crippen molar-refractivity contribution in [3.63, 3.8) is 0 Å². The van der Waals surface area contributed by atoms with Crippen molar-refractivity contribution in [2.24, 2.45) is 0 Å². The van der Waals surface area contributed by atoms with Gasteiger partial charge >= 0.3 is 0 Å². The molecule has 2 aromatic heterocycles. The van der Waals surface area contributed by atoms with Crippen molar-refractivity contribution in [3.05, 3.63) is 105 Å². The normalized spacial score (nSPS) is 19.1. The molecule has 264 valence electrons. The van der Waals surface area contributed by atoms with Gasteiger partial charge in [-0.25, -0.2) is 0 Å². The summed E-state index contributed by atoms with van der Waals surface area (Å²) in [7, 11) is 0. The Balaban J connectivity index is 0.000000208. The van der Waals surface area contributed by atoms with E-state index in [4.69, 9.17) is 23.4 Å². The largest absolute Gasteiger partial charge is 0.508 e. The first-order valence-electron chi connectivity index (χ1n) is 15.2. The van der Waals surface area contributed by atoms with Crippen LogP contribution in [0.15, 0.2) is 103 Å². The molecular formula is C36H30O15. The first-order valence-corrected chi connectivity index (χ1v) is 15.2. The number of benzene rings is 4. The van der Waals surface area contributed by atoms with E-state index in [0.717, 1.165) is 24.3 Å². The Morgan fingerprint density at radius 3 is 2.08 bits per heavy atom. The van der Waals surface area contributed by atoms with E-state index in [0.29, 0.717) is 16.5 Å². The van der Waals surface area contributed by atoms with Crippen LogP contribution in [-0.4, -0.2) is 83.3 Å². The van der Waals surface area contributed by atoms with Crippen LogP contribution in [-0.2, 0) is 4.74 Å². The molecule has 6 aromatic rings. The molecular weight excluding hydrogens is 672 g/mol. The van der Waals surface area contributed by atoms with E-state index in [1.807, 2.05) is 18.2 Å². The topological polar surface area (TPSA) is 261 Å². The van der Waals surface area contributed by atoms with Gasteiger partial charge in [0.2, 0.25) is 28.6 Å². The Kier molecular flexibility index (Phi) is 9.56. The second-order valence-electron chi connectivity index (χ2n) is 11.4. The molecule has 0 saturated carbocycles. The summed E-state index contributed by atoms with van der Waals surface area (Å²) in [5.41, 5.74) is -0.420.